The minimum Gasteiger partial charge on any atom is -0.497 e. The van der Waals surface area contributed by atoms with E-state index < -0.39 is 0 Å². The van der Waals surface area contributed by atoms with Gasteiger partial charge in [0, 0.05) is 35.7 Å². The summed E-state index contributed by atoms with van der Waals surface area (Å²) < 4.78 is 21.6. The van der Waals surface area contributed by atoms with Gasteiger partial charge in [-0.1, -0.05) is 109 Å². The van der Waals surface area contributed by atoms with Gasteiger partial charge < -0.3 is 18.9 Å². The number of hydrogen-bond donors (Lipinski definition) is 0. The van der Waals surface area contributed by atoms with Gasteiger partial charge in [-0.05, 0) is 69.8 Å². The molecule has 258 valence electrons. The van der Waals surface area contributed by atoms with Crippen LogP contribution in [0, 0.1) is 0 Å². The van der Waals surface area contributed by atoms with Gasteiger partial charge in [-0.25, -0.2) is 0 Å². The molecule has 0 saturated heterocycles. The summed E-state index contributed by atoms with van der Waals surface area (Å²) in [4.78, 5) is 9.32. The van der Waals surface area contributed by atoms with Crippen LogP contribution in [0.15, 0.2) is 122 Å². The molecule has 6 heteroatoms. The summed E-state index contributed by atoms with van der Waals surface area (Å²) in [7, 11) is 6.62. The lowest BCUT2D eigenvalue weighted by Crippen LogP contribution is -1.89. The van der Waals surface area contributed by atoms with Gasteiger partial charge in [0.2, 0.25) is 0 Å². The molecule has 0 aliphatic heterocycles. The number of aromatic nitrogens is 2. The third-order valence-corrected chi connectivity index (χ3v) is 8.44. The van der Waals surface area contributed by atoms with E-state index in [2.05, 4.69) is 107 Å². The number of pyridine rings is 2. The minimum absolute atomic E-state index is 0.766. The second-order valence-corrected chi connectivity index (χ2v) is 11.8. The summed E-state index contributed by atoms with van der Waals surface area (Å²) in [6.07, 6.45) is 20.2. The average Bonchev–Trinajstić information content (AvgIpc) is 3.21. The monoisotopic (exact) mass is 684 g/mol. The molecule has 2 heterocycles. The number of ether oxygens (including phenoxy) is 4. The molecule has 4 aromatic carbocycles. The Morgan fingerprint density at radius 2 is 0.673 bits per heavy atom. The Balaban J connectivity index is 1.01. The first-order chi connectivity index (χ1) is 25.5. The molecule has 0 aliphatic carbocycles. The lowest BCUT2D eigenvalue weighted by atomic mass is 10.1. The summed E-state index contributed by atoms with van der Waals surface area (Å²) >= 11 is 0. The van der Waals surface area contributed by atoms with Crippen molar-refractivity contribution in [3.63, 3.8) is 0 Å². The van der Waals surface area contributed by atoms with Crippen molar-refractivity contribution in [2.24, 2.45) is 0 Å². The van der Waals surface area contributed by atoms with Crippen LogP contribution in [0.4, 0.5) is 0 Å². The highest BCUT2D eigenvalue weighted by Gasteiger charge is 2.04. The molecule has 0 aliphatic rings. The van der Waals surface area contributed by atoms with Gasteiger partial charge in [-0.2, -0.15) is 0 Å². The molecule has 0 saturated carbocycles. The molecule has 0 fully saturated rings. The van der Waals surface area contributed by atoms with E-state index in [4.69, 9.17) is 18.9 Å². The zero-order valence-corrected chi connectivity index (χ0v) is 29.7. The molecule has 0 radical (unpaired) electrons. The fourth-order valence-corrected chi connectivity index (χ4v) is 5.42. The predicted molar refractivity (Wildman–Crippen MR) is 215 cm³/mol. The lowest BCUT2D eigenvalue weighted by molar-refractivity contribution is 0.393. The molecule has 0 bridgehead atoms. The summed E-state index contributed by atoms with van der Waals surface area (Å²) in [6, 6.07) is 36.4. The number of hydrogen-bond acceptors (Lipinski definition) is 6. The fourth-order valence-electron chi connectivity index (χ4n) is 5.42. The molecule has 0 spiro atoms. The Kier molecular flexibility index (Phi) is 11.7. The summed E-state index contributed by atoms with van der Waals surface area (Å²) in [5.41, 5.74) is 10.1. The topological polar surface area (TPSA) is 62.7 Å². The van der Waals surface area contributed by atoms with Crippen molar-refractivity contribution in [2.75, 3.05) is 28.4 Å². The summed E-state index contributed by atoms with van der Waals surface area (Å²) in [5.74, 6) is 3.07. The van der Waals surface area contributed by atoms with Gasteiger partial charge >= 0.3 is 0 Å². The van der Waals surface area contributed by atoms with Crippen LogP contribution in [0.25, 0.3) is 60.0 Å². The summed E-state index contributed by atoms with van der Waals surface area (Å²) in [5, 5.41) is 0. The van der Waals surface area contributed by atoms with Crippen molar-refractivity contribution in [1.29, 1.82) is 0 Å². The number of benzene rings is 4. The molecule has 0 N–H and O–H groups in total. The quantitative estimate of drug-likeness (QED) is 0.113. The third-order valence-electron chi connectivity index (χ3n) is 8.44. The van der Waals surface area contributed by atoms with Crippen molar-refractivity contribution < 1.29 is 18.9 Å². The van der Waals surface area contributed by atoms with Gasteiger partial charge in [-0.15, -0.1) is 0 Å². The third kappa shape index (κ3) is 9.31. The molecule has 0 atom stereocenters. The van der Waals surface area contributed by atoms with Crippen LogP contribution in [0.2, 0.25) is 0 Å². The van der Waals surface area contributed by atoms with Crippen LogP contribution in [0.3, 0.4) is 0 Å². The Hall–Kier alpha value is -6.66. The Bertz CT molecular complexity index is 2040. The number of nitrogens with zero attached hydrogens (tertiary/aromatic N) is 2. The second kappa shape index (κ2) is 17.3. The highest BCUT2D eigenvalue weighted by molar-refractivity contribution is 5.77. The molecular formula is C46H40N2O4. The van der Waals surface area contributed by atoms with Crippen LogP contribution in [-0.2, 0) is 0 Å². The largest absolute Gasteiger partial charge is 0.497 e. The van der Waals surface area contributed by atoms with Crippen LogP contribution < -0.4 is 18.9 Å². The molecular weight excluding hydrogens is 645 g/mol. The zero-order chi connectivity index (χ0) is 36.1. The fraction of sp³-hybridized carbons (Fsp3) is 0.0870. The van der Waals surface area contributed by atoms with Crippen LogP contribution in [-0.4, -0.2) is 38.4 Å². The highest BCUT2D eigenvalue weighted by atomic mass is 16.5. The maximum Gasteiger partial charge on any atom is 0.129 e. The first kappa shape index (κ1) is 35.2. The lowest BCUT2D eigenvalue weighted by Gasteiger charge is -2.07. The van der Waals surface area contributed by atoms with E-state index >= 15 is 0 Å². The predicted octanol–water partition coefficient (Wildman–Crippen LogP) is 10.9. The van der Waals surface area contributed by atoms with E-state index in [1.165, 1.54) is 0 Å². The number of rotatable bonds is 13. The van der Waals surface area contributed by atoms with Crippen molar-refractivity contribution in [2.45, 2.75) is 0 Å². The molecule has 0 unspecified atom stereocenters. The van der Waals surface area contributed by atoms with Crippen molar-refractivity contribution in [1.82, 2.24) is 9.97 Å². The normalized spacial score (nSPS) is 11.5. The van der Waals surface area contributed by atoms with Gasteiger partial charge in [-0.3, -0.25) is 9.97 Å². The molecule has 0 amide bonds. The van der Waals surface area contributed by atoms with E-state index in [0.29, 0.717) is 0 Å². The standard InChI is InChI=1S/C46H40N2O4/c1-49-41-25-23-39(45(29-41)51-3)21-17-35-9-5-33(6-10-35)13-15-37-19-27-43(47-31-37)44-28-20-38(32-48-44)16-14-34-7-11-36(12-8-34)18-22-40-24-26-42(50-2)30-46(40)52-4/h5-32H,1-4H3/b15-13+,16-14+,21-17+,22-18+. The van der Waals surface area contributed by atoms with Crippen LogP contribution in [0.5, 0.6) is 23.0 Å². The molecule has 2 aromatic heterocycles. The van der Waals surface area contributed by atoms with Crippen LogP contribution in [0.1, 0.15) is 44.5 Å². The Morgan fingerprint density at radius 1 is 0.346 bits per heavy atom. The highest BCUT2D eigenvalue weighted by Crippen LogP contribution is 2.28. The first-order valence-electron chi connectivity index (χ1n) is 16.8. The summed E-state index contributed by atoms with van der Waals surface area (Å²) in [6.45, 7) is 0. The molecule has 52 heavy (non-hydrogen) atoms. The molecule has 6 rings (SSSR count). The number of methoxy groups -OCH3 is 4. The smallest absolute Gasteiger partial charge is 0.129 e. The minimum atomic E-state index is 0.766. The van der Waals surface area contributed by atoms with Crippen LogP contribution >= 0.6 is 0 Å². The van der Waals surface area contributed by atoms with Crippen molar-refractivity contribution >= 4 is 48.6 Å². The SMILES string of the molecule is COc1ccc(/C=C/c2ccc(/C=C/c3ccc(-c4ccc(/C=C/c5ccc(/C=C/c6ccc(OC)cc6OC)cc5)cn4)nc3)cc2)c(OC)c1. The van der Waals surface area contributed by atoms with E-state index in [0.717, 1.165) is 78.9 Å². The van der Waals surface area contributed by atoms with Crippen molar-refractivity contribution in [3.05, 3.63) is 166 Å². The van der Waals surface area contributed by atoms with Crippen molar-refractivity contribution in [3.8, 4) is 34.4 Å². The Morgan fingerprint density at radius 3 is 0.981 bits per heavy atom. The van der Waals surface area contributed by atoms with Gasteiger partial charge in [0.1, 0.15) is 23.0 Å². The van der Waals surface area contributed by atoms with E-state index in [1.54, 1.807) is 28.4 Å². The Labute approximate surface area is 305 Å². The van der Waals surface area contributed by atoms with Gasteiger partial charge in [0.25, 0.3) is 0 Å². The van der Waals surface area contributed by atoms with E-state index in [1.807, 2.05) is 73.1 Å². The van der Waals surface area contributed by atoms with Gasteiger partial charge in [0.05, 0.1) is 39.8 Å². The van der Waals surface area contributed by atoms with Gasteiger partial charge in [0.15, 0.2) is 0 Å². The zero-order valence-electron chi connectivity index (χ0n) is 29.7. The average molecular weight is 685 g/mol. The molecule has 6 aromatic rings. The second-order valence-electron chi connectivity index (χ2n) is 11.8. The molecule has 6 nitrogen and oxygen atoms in total. The maximum atomic E-state index is 5.50. The van der Waals surface area contributed by atoms with E-state index in [-0.39, 0.29) is 0 Å². The first-order valence-corrected chi connectivity index (χ1v) is 16.8. The van der Waals surface area contributed by atoms with E-state index in [9.17, 15) is 0 Å². The maximum absolute atomic E-state index is 5.50.